The van der Waals surface area contributed by atoms with Crippen molar-refractivity contribution in [3.63, 3.8) is 0 Å². The van der Waals surface area contributed by atoms with E-state index in [2.05, 4.69) is 36.3 Å². The van der Waals surface area contributed by atoms with Gasteiger partial charge in [-0.2, -0.15) is 0 Å². The zero-order valence-electron chi connectivity index (χ0n) is 22.4. The van der Waals surface area contributed by atoms with Gasteiger partial charge in [0.05, 0.1) is 35.5 Å². The van der Waals surface area contributed by atoms with Gasteiger partial charge in [-0.25, -0.2) is 4.99 Å². The van der Waals surface area contributed by atoms with Crippen molar-refractivity contribution in [1.82, 2.24) is 10.3 Å². The monoisotopic (exact) mass is 533 g/mol. The molecule has 4 rings (SSSR count). The Kier molecular flexibility index (Phi) is 9.18. The van der Waals surface area contributed by atoms with Crippen molar-refractivity contribution >= 4 is 35.2 Å². The third kappa shape index (κ3) is 6.43. The number of nitrogens with zero attached hydrogens (tertiary/aromatic N) is 1. The van der Waals surface area contributed by atoms with Gasteiger partial charge in [-0.1, -0.05) is 56.3 Å². The number of H-pyrrole nitrogens is 1. The highest BCUT2D eigenvalue weighted by Gasteiger charge is 2.28. The fourth-order valence-electron chi connectivity index (χ4n) is 4.29. The topological polar surface area (TPSA) is 95.9 Å². The Morgan fingerprint density at radius 2 is 1.68 bits per heavy atom. The molecule has 0 unspecified atom stereocenters. The Morgan fingerprint density at radius 1 is 1.00 bits per heavy atom. The van der Waals surface area contributed by atoms with Crippen LogP contribution in [0.4, 0.5) is 5.69 Å². The van der Waals surface area contributed by atoms with Crippen molar-refractivity contribution in [3.05, 3.63) is 89.5 Å². The average Bonchev–Trinajstić information content (AvgIpc) is 3.23. The van der Waals surface area contributed by atoms with Gasteiger partial charge in [-0.15, -0.1) is 0 Å². The van der Waals surface area contributed by atoms with Gasteiger partial charge in [-0.3, -0.25) is 4.57 Å². The van der Waals surface area contributed by atoms with E-state index in [1.807, 2.05) is 42.5 Å². The molecule has 0 aliphatic rings. The van der Waals surface area contributed by atoms with E-state index in [9.17, 15) is 9.67 Å². The van der Waals surface area contributed by atoms with Crippen molar-refractivity contribution in [2.45, 2.75) is 34.2 Å². The summed E-state index contributed by atoms with van der Waals surface area (Å²) in [6.07, 6.45) is 0. The minimum Gasteiger partial charge on any atom is -0.494 e. The highest BCUT2D eigenvalue weighted by atomic mass is 31.2. The molecule has 0 atom stereocenters. The van der Waals surface area contributed by atoms with Gasteiger partial charge in [0, 0.05) is 23.0 Å². The van der Waals surface area contributed by atoms with E-state index in [0.29, 0.717) is 33.4 Å². The average molecular weight is 534 g/mol. The second-order valence-electron chi connectivity index (χ2n) is 9.43. The number of hydrogen-bond donors (Lipinski definition) is 3. The molecule has 1 heterocycles. The van der Waals surface area contributed by atoms with Crippen LogP contribution < -0.4 is 10.6 Å². The number of aliphatic imine (C=N–C) groups is 1. The lowest BCUT2D eigenvalue weighted by molar-refractivity contribution is 0.230. The number of fused-ring (bicyclic) bond motifs is 1. The molecule has 0 bridgehead atoms. The molecule has 0 saturated carbocycles. The standard InChI is InChI=1S/C30H36N3O4P/c1-5-36-38(35,37-6-2)25-16-17-27-26(18-25)28(30(34)33-27)29(23-10-8-7-9-11-23)32-24-14-12-22(13-15-24)20-31-19-21(3)4/h7-18,21,31,33-34H,5-6,19-20H2,1-4H3. The maximum absolute atomic E-state index is 13.5. The Hall–Kier alpha value is -3.22. The highest BCUT2D eigenvalue weighted by molar-refractivity contribution is 7.62. The Labute approximate surface area is 224 Å². The van der Waals surface area contributed by atoms with E-state index in [0.717, 1.165) is 24.3 Å². The molecule has 3 aromatic carbocycles. The van der Waals surface area contributed by atoms with Crippen molar-refractivity contribution in [2.75, 3.05) is 19.8 Å². The molecule has 200 valence electrons. The van der Waals surface area contributed by atoms with Gasteiger partial charge in [0.25, 0.3) is 0 Å². The largest absolute Gasteiger partial charge is 0.494 e. The molecule has 4 aromatic rings. The number of aromatic nitrogens is 1. The predicted octanol–water partition coefficient (Wildman–Crippen LogP) is 6.68. The van der Waals surface area contributed by atoms with Crippen LogP contribution in [0.15, 0.2) is 77.8 Å². The SMILES string of the molecule is CCOP(=O)(OCC)c1ccc2[nH]c(O)c(C(=Nc3ccc(CNCC(C)C)cc3)c3ccccc3)c2c1. The second-order valence-corrected chi connectivity index (χ2v) is 11.5. The van der Waals surface area contributed by atoms with Gasteiger partial charge < -0.3 is 24.5 Å². The van der Waals surface area contributed by atoms with Crippen LogP contribution in [0.1, 0.15) is 44.4 Å². The van der Waals surface area contributed by atoms with Crippen LogP contribution in [0.5, 0.6) is 5.88 Å². The van der Waals surface area contributed by atoms with Gasteiger partial charge in [0.1, 0.15) is 0 Å². The first-order valence-electron chi connectivity index (χ1n) is 13.0. The van der Waals surface area contributed by atoms with Gasteiger partial charge in [-0.05, 0) is 62.2 Å². The van der Waals surface area contributed by atoms with Crippen LogP contribution in [-0.2, 0) is 20.2 Å². The summed E-state index contributed by atoms with van der Waals surface area (Å²) < 4.78 is 24.6. The van der Waals surface area contributed by atoms with E-state index >= 15 is 0 Å². The molecule has 0 radical (unpaired) electrons. The zero-order valence-corrected chi connectivity index (χ0v) is 23.3. The molecular weight excluding hydrogens is 497 g/mol. The lowest BCUT2D eigenvalue weighted by Crippen LogP contribution is -2.18. The fourth-order valence-corrected chi connectivity index (χ4v) is 5.88. The van der Waals surface area contributed by atoms with E-state index in [4.69, 9.17) is 14.0 Å². The number of nitrogens with one attached hydrogen (secondary N) is 2. The van der Waals surface area contributed by atoms with E-state index in [1.165, 1.54) is 5.56 Å². The summed E-state index contributed by atoms with van der Waals surface area (Å²) >= 11 is 0. The smallest absolute Gasteiger partial charge is 0.361 e. The van der Waals surface area contributed by atoms with Gasteiger partial charge in [0.2, 0.25) is 0 Å². The maximum Gasteiger partial charge on any atom is 0.361 e. The van der Waals surface area contributed by atoms with E-state index in [1.54, 1.807) is 32.0 Å². The molecule has 0 saturated heterocycles. The summed E-state index contributed by atoms with van der Waals surface area (Å²) in [6.45, 7) is 10.2. The van der Waals surface area contributed by atoms with E-state index in [-0.39, 0.29) is 19.1 Å². The van der Waals surface area contributed by atoms with Gasteiger partial charge >= 0.3 is 7.60 Å². The Bertz CT molecular complexity index is 1420. The third-order valence-electron chi connectivity index (χ3n) is 6.02. The number of rotatable bonds is 12. The first kappa shape index (κ1) is 27.8. The fraction of sp³-hybridized carbons (Fsp3) is 0.300. The van der Waals surface area contributed by atoms with Crippen molar-refractivity contribution in [2.24, 2.45) is 10.9 Å². The molecule has 0 amide bonds. The van der Waals surface area contributed by atoms with Crippen molar-refractivity contribution in [1.29, 1.82) is 0 Å². The molecule has 0 aliphatic heterocycles. The van der Waals surface area contributed by atoms with Crippen LogP contribution in [0.2, 0.25) is 0 Å². The molecular formula is C30H36N3O4P. The van der Waals surface area contributed by atoms with E-state index < -0.39 is 7.60 Å². The van der Waals surface area contributed by atoms with Crippen LogP contribution in [0.3, 0.4) is 0 Å². The van der Waals surface area contributed by atoms with Crippen molar-refractivity contribution < 1.29 is 18.7 Å². The van der Waals surface area contributed by atoms with Crippen LogP contribution >= 0.6 is 7.60 Å². The summed E-state index contributed by atoms with van der Waals surface area (Å²) in [6, 6.07) is 23.0. The zero-order chi connectivity index (χ0) is 27.1. The van der Waals surface area contributed by atoms with Crippen LogP contribution in [0, 0.1) is 5.92 Å². The molecule has 8 heteroatoms. The first-order chi connectivity index (χ1) is 18.3. The highest BCUT2D eigenvalue weighted by Crippen LogP contribution is 2.47. The minimum absolute atomic E-state index is 0.0167. The summed E-state index contributed by atoms with van der Waals surface area (Å²) in [5, 5.41) is 15.6. The van der Waals surface area contributed by atoms with Gasteiger partial charge in [0.15, 0.2) is 5.88 Å². The summed E-state index contributed by atoms with van der Waals surface area (Å²) in [7, 11) is -3.52. The lowest BCUT2D eigenvalue weighted by Gasteiger charge is -2.17. The minimum atomic E-state index is -3.52. The number of aromatic amines is 1. The normalized spacial score (nSPS) is 12.5. The van der Waals surface area contributed by atoms with Crippen LogP contribution in [-0.4, -0.2) is 35.6 Å². The number of hydrogen-bond acceptors (Lipinski definition) is 6. The number of benzene rings is 3. The molecule has 0 aliphatic carbocycles. The number of aromatic hydroxyl groups is 1. The quantitative estimate of drug-likeness (QED) is 0.139. The summed E-state index contributed by atoms with van der Waals surface area (Å²) in [5.41, 5.74) is 4.59. The Balaban J connectivity index is 1.80. The van der Waals surface area contributed by atoms with Crippen LogP contribution in [0.25, 0.3) is 10.9 Å². The third-order valence-corrected chi connectivity index (χ3v) is 8.13. The molecule has 0 spiro atoms. The maximum atomic E-state index is 13.5. The molecule has 0 fully saturated rings. The van der Waals surface area contributed by atoms with Crippen molar-refractivity contribution in [3.8, 4) is 5.88 Å². The first-order valence-corrected chi connectivity index (χ1v) is 14.6. The summed E-state index contributed by atoms with van der Waals surface area (Å²) in [5.74, 6) is 0.574. The second kappa shape index (κ2) is 12.5. The Morgan fingerprint density at radius 3 is 2.32 bits per heavy atom. The molecule has 38 heavy (non-hydrogen) atoms. The molecule has 7 nitrogen and oxygen atoms in total. The predicted molar refractivity (Wildman–Crippen MR) is 155 cm³/mol. The summed E-state index contributed by atoms with van der Waals surface area (Å²) in [4.78, 5) is 8.02. The molecule has 1 aromatic heterocycles. The molecule has 3 N–H and O–H groups in total. The lowest BCUT2D eigenvalue weighted by atomic mass is 10.0.